The number of urea groups is 1. The van der Waals surface area contributed by atoms with E-state index in [2.05, 4.69) is 10.0 Å². The number of ether oxygens (including phenoxy) is 1. The topological polar surface area (TPSA) is 131 Å². The van der Waals surface area contributed by atoms with Gasteiger partial charge in [0.2, 0.25) is 10.0 Å². The van der Waals surface area contributed by atoms with Gasteiger partial charge in [0.1, 0.15) is 6.54 Å². The van der Waals surface area contributed by atoms with Gasteiger partial charge in [-0.2, -0.15) is 4.72 Å². The van der Waals surface area contributed by atoms with Gasteiger partial charge in [-0.05, 0) is 51.0 Å². The molecule has 1 rings (SSSR count). The first-order chi connectivity index (χ1) is 12.1. The quantitative estimate of drug-likeness (QED) is 0.581. The highest BCUT2D eigenvalue weighted by Crippen LogP contribution is 2.14. The number of aryl methyl sites for hydroxylation is 2. The summed E-state index contributed by atoms with van der Waals surface area (Å²) < 4.78 is 31.3. The van der Waals surface area contributed by atoms with Crippen molar-refractivity contribution in [3.8, 4) is 0 Å². The number of esters is 1. The van der Waals surface area contributed by atoms with Crippen molar-refractivity contribution in [2.45, 2.75) is 38.7 Å². The Morgan fingerprint density at radius 3 is 2.38 bits per heavy atom. The Bertz CT molecular complexity index is 791. The monoisotopic (exact) mass is 385 g/mol. The van der Waals surface area contributed by atoms with Crippen LogP contribution in [0.15, 0.2) is 23.1 Å². The lowest BCUT2D eigenvalue weighted by atomic mass is 10.1. The van der Waals surface area contributed by atoms with Crippen LogP contribution in [0.1, 0.15) is 25.0 Å². The summed E-state index contributed by atoms with van der Waals surface area (Å²) in [5, 5.41) is 4.34. The lowest BCUT2D eigenvalue weighted by molar-refractivity contribution is -0.153. The fraction of sp³-hybridized carbons (Fsp3) is 0.438. The van der Waals surface area contributed by atoms with Gasteiger partial charge in [0.25, 0.3) is 5.91 Å². The molecule has 0 aliphatic heterocycles. The van der Waals surface area contributed by atoms with Crippen molar-refractivity contribution >= 4 is 27.9 Å². The van der Waals surface area contributed by atoms with Crippen LogP contribution in [0.5, 0.6) is 0 Å². The standard InChI is InChI=1S/C16H23N3O6S/c1-5-17-16(22)19-15(21)12(4)25-14(20)9-18-26(23,24)13-7-6-10(2)11(3)8-13/h6-8,12,18H,5,9H2,1-4H3,(H2,17,19,21,22)/t12-/m1/s1. The summed E-state index contributed by atoms with van der Waals surface area (Å²) in [5.41, 5.74) is 1.74. The summed E-state index contributed by atoms with van der Waals surface area (Å²) in [6.45, 7) is 6.25. The maximum Gasteiger partial charge on any atom is 0.321 e. The first-order valence-electron chi connectivity index (χ1n) is 7.92. The largest absolute Gasteiger partial charge is 0.452 e. The molecule has 0 bridgehead atoms. The van der Waals surface area contributed by atoms with Gasteiger partial charge < -0.3 is 10.1 Å². The third-order valence-corrected chi connectivity index (χ3v) is 4.85. The van der Waals surface area contributed by atoms with Crippen LogP contribution in [-0.4, -0.2) is 45.5 Å². The SMILES string of the molecule is CCNC(=O)NC(=O)[C@@H](C)OC(=O)CNS(=O)(=O)c1ccc(C)c(C)c1. The molecular formula is C16H23N3O6S. The summed E-state index contributed by atoms with van der Waals surface area (Å²) in [7, 11) is -3.89. The average molecular weight is 385 g/mol. The zero-order valence-corrected chi connectivity index (χ0v) is 15.9. The second-order valence-corrected chi connectivity index (χ2v) is 7.32. The molecule has 0 spiro atoms. The molecule has 10 heteroatoms. The highest BCUT2D eigenvalue weighted by Gasteiger charge is 2.22. The van der Waals surface area contributed by atoms with E-state index in [1.165, 1.54) is 19.1 Å². The lowest BCUT2D eigenvalue weighted by Gasteiger charge is -2.13. The molecule has 0 radical (unpaired) electrons. The summed E-state index contributed by atoms with van der Waals surface area (Å²) in [5.74, 6) is -1.77. The first kappa shape index (κ1) is 21.6. The summed E-state index contributed by atoms with van der Waals surface area (Å²) >= 11 is 0. The minimum Gasteiger partial charge on any atom is -0.452 e. The molecule has 0 unspecified atom stereocenters. The molecule has 0 aromatic heterocycles. The van der Waals surface area contributed by atoms with Crippen LogP contribution >= 0.6 is 0 Å². The number of carbonyl (C=O) groups excluding carboxylic acids is 3. The molecule has 3 N–H and O–H groups in total. The number of hydrogen-bond donors (Lipinski definition) is 3. The second kappa shape index (κ2) is 9.30. The van der Waals surface area contributed by atoms with E-state index in [9.17, 15) is 22.8 Å². The zero-order chi connectivity index (χ0) is 19.9. The molecule has 9 nitrogen and oxygen atoms in total. The number of amides is 3. The first-order valence-corrected chi connectivity index (χ1v) is 9.40. The number of imide groups is 1. The van der Waals surface area contributed by atoms with Crippen LogP contribution in [0.4, 0.5) is 4.79 Å². The van der Waals surface area contributed by atoms with Crippen molar-refractivity contribution in [2.24, 2.45) is 0 Å². The maximum atomic E-state index is 12.2. The zero-order valence-electron chi connectivity index (χ0n) is 15.1. The molecule has 0 fully saturated rings. The third kappa shape index (κ3) is 6.45. The highest BCUT2D eigenvalue weighted by atomic mass is 32.2. The van der Waals surface area contributed by atoms with E-state index < -0.39 is 40.6 Å². The van der Waals surface area contributed by atoms with E-state index in [1.807, 2.05) is 12.2 Å². The van der Waals surface area contributed by atoms with Crippen LogP contribution in [0.25, 0.3) is 0 Å². The summed E-state index contributed by atoms with van der Waals surface area (Å²) in [6.07, 6.45) is -1.25. The van der Waals surface area contributed by atoms with E-state index in [4.69, 9.17) is 4.74 Å². The maximum absolute atomic E-state index is 12.2. The van der Waals surface area contributed by atoms with Crippen molar-refractivity contribution < 1.29 is 27.5 Å². The molecule has 0 saturated heterocycles. The van der Waals surface area contributed by atoms with Crippen molar-refractivity contribution in [2.75, 3.05) is 13.1 Å². The van der Waals surface area contributed by atoms with Crippen LogP contribution < -0.4 is 15.4 Å². The molecule has 26 heavy (non-hydrogen) atoms. The second-order valence-electron chi connectivity index (χ2n) is 5.55. The van der Waals surface area contributed by atoms with Crippen LogP contribution in [0.2, 0.25) is 0 Å². The van der Waals surface area contributed by atoms with Gasteiger partial charge in [-0.15, -0.1) is 0 Å². The molecule has 1 aromatic rings. The fourth-order valence-electron chi connectivity index (χ4n) is 1.83. The Labute approximate surface area is 152 Å². The van der Waals surface area contributed by atoms with Crippen molar-refractivity contribution in [3.05, 3.63) is 29.3 Å². The molecule has 1 aromatic carbocycles. The Kier molecular flexibility index (Phi) is 7.72. The van der Waals surface area contributed by atoms with E-state index in [0.29, 0.717) is 6.54 Å². The number of nitrogens with one attached hydrogen (secondary N) is 3. The predicted octanol–water partition coefficient (Wildman–Crippen LogP) is 0.359. The van der Waals surface area contributed by atoms with Crippen LogP contribution in [0, 0.1) is 13.8 Å². The molecule has 144 valence electrons. The number of carbonyl (C=O) groups is 3. The smallest absolute Gasteiger partial charge is 0.321 e. The van der Waals surface area contributed by atoms with E-state index in [0.717, 1.165) is 11.1 Å². The van der Waals surface area contributed by atoms with Gasteiger partial charge in [0.15, 0.2) is 6.10 Å². The van der Waals surface area contributed by atoms with Gasteiger partial charge >= 0.3 is 12.0 Å². The fourth-order valence-corrected chi connectivity index (χ4v) is 2.88. The average Bonchev–Trinajstić information content (AvgIpc) is 2.55. The highest BCUT2D eigenvalue weighted by molar-refractivity contribution is 7.89. The molecule has 0 aliphatic rings. The van der Waals surface area contributed by atoms with Crippen molar-refractivity contribution in [3.63, 3.8) is 0 Å². The Morgan fingerprint density at radius 1 is 1.15 bits per heavy atom. The van der Waals surface area contributed by atoms with Crippen molar-refractivity contribution in [1.29, 1.82) is 0 Å². The van der Waals surface area contributed by atoms with Gasteiger partial charge in [-0.3, -0.25) is 14.9 Å². The predicted molar refractivity (Wildman–Crippen MR) is 93.9 cm³/mol. The van der Waals surface area contributed by atoms with Crippen molar-refractivity contribution in [1.82, 2.24) is 15.4 Å². The lowest BCUT2D eigenvalue weighted by Crippen LogP contribution is -2.45. The molecular weight excluding hydrogens is 362 g/mol. The third-order valence-electron chi connectivity index (χ3n) is 3.45. The molecule has 0 heterocycles. The van der Waals surface area contributed by atoms with E-state index in [1.54, 1.807) is 19.9 Å². The van der Waals surface area contributed by atoms with Gasteiger partial charge in [0.05, 0.1) is 4.90 Å². The number of rotatable bonds is 7. The minimum absolute atomic E-state index is 0.0235. The van der Waals surface area contributed by atoms with Gasteiger partial charge in [-0.1, -0.05) is 6.07 Å². The summed E-state index contributed by atoms with van der Waals surface area (Å²) in [6, 6.07) is 3.87. The Balaban J connectivity index is 2.58. The Hall–Kier alpha value is -2.46. The Morgan fingerprint density at radius 2 is 1.81 bits per heavy atom. The van der Waals surface area contributed by atoms with Crippen LogP contribution in [-0.2, 0) is 24.3 Å². The van der Waals surface area contributed by atoms with E-state index >= 15 is 0 Å². The molecule has 0 aliphatic carbocycles. The molecule has 3 amide bonds. The normalized spacial score (nSPS) is 12.2. The summed E-state index contributed by atoms with van der Waals surface area (Å²) in [4.78, 5) is 34.7. The number of hydrogen-bond acceptors (Lipinski definition) is 6. The number of sulfonamides is 1. The van der Waals surface area contributed by atoms with Crippen LogP contribution in [0.3, 0.4) is 0 Å². The number of benzene rings is 1. The van der Waals surface area contributed by atoms with Gasteiger partial charge in [-0.25, -0.2) is 13.2 Å². The molecule has 0 saturated carbocycles. The molecule has 1 atom stereocenters. The van der Waals surface area contributed by atoms with E-state index in [-0.39, 0.29) is 4.90 Å². The van der Waals surface area contributed by atoms with Gasteiger partial charge in [0, 0.05) is 6.54 Å². The minimum atomic E-state index is -3.89.